The van der Waals surface area contributed by atoms with E-state index in [2.05, 4.69) is 67.0 Å². The van der Waals surface area contributed by atoms with Crippen molar-refractivity contribution in [3.8, 4) is 0 Å². The lowest BCUT2D eigenvalue weighted by Crippen LogP contribution is -2.59. The Morgan fingerprint density at radius 2 is 1.28 bits per heavy atom. The molecule has 186 valence electrons. The van der Waals surface area contributed by atoms with Gasteiger partial charge in [0.25, 0.3) is 0 Å². The lowest BCUT2D eigenvalue weighted by atomic mass is 10.0. The zero-order chi connectivity index (χ0) is 25.4. The molecule has 0 aromatic carbocycles. The van der Waals surface area contributed by atoms with E-state index in [4.69, 9.17) is 13.9 Å². The molecule has 0 heterocycles. The fourth-order valence-electron chi connectivity index (χ4n) is 3.66. The Morgan fingerprint density at radius 1 is 0.844 bits per heavy atom. The van der Waals surface area contributed by atoms with Gasteiger partial charge in [0.05, 0.1) is 21.3 Å². The Labute approximate surface area is 199 Å². The number of carbonyl (C=O) groups is 2. The Hall–Kier alpha value is -1.19. The average Bonchev–Trinajstić information content (AvgIpc) is 2.66. The third kappa shape index (κ3) is 8.98. The number of rotatable bonds is 15. The molecule has 0 aromatic rings. The predicted octanol–water partition coefficient (Wildman–Crippen LogP) is 6.81. The van der Waals surface area contributed by atoms with Crippen molar-refractivity contribution in [1.82, 2.24) is 0 Å². The van der Waals surface area contributed by atoms with Gasteiger partial charge in [0.15, 0.2) is 8.32 Å². The number of hydrogen-bond acceptors (Lipinski definition) is 5. The smallest absolute Gasteiger partial charge is 0.333 e. The summed E-state index contributed by atoms with van der Waals surface area (Å²) in [7, 11) is -3.88. The van der Waals surface area contributed by atoms with Crippen molar-refractivity contribution in [2.45, 2.75) is 110 Å². The first-order chi connectivity index (χ1) is 14.4. The molecule has 0 fully saturated rings. The average molecular weight is 485 g/mol. The lowest BCUT2D eigenvalue weighted by Gasteiger charge is -2.51. The van der Waals surface area contributed by atoms with Crippen LogP contribution in [0.3, 0.4) is 0 Å². The molecular weight excluding hydrogens is 436 g/mol. The van der Waals surface area contributed by atoms with Crippen LogP contribution in [0.2, 0.25) is 37.3 Å². The van der Waals surface area contributed by atoms with E-state index in [0.29, 0.717) is 24.4 Å². The molecule has 0 aliphatic carbocycles. The van der Waals surface area contributed by atoms with Crippen molar-refractivity contribution in [2.75, 3.05) is 13.2 Å². The van der Waals surface area contributed by atoms with Gasteiger partial charge in [-0.15, -0.1) is 0 Å². The summed E-state index contributed by atoms with van der Waals surface area (Å²) in [6.07, 6.45) is 3.64. The van der Waals surface area contributed by atoms with Crippen LogP contribution >= 0.6 is 0 Å². The first kappa shape index (κ1) is 30.8. The maximum absolute atomic E-state index is 11.6. The molecule has 0 spiro atoms. The van der Waals surface area contributed by atoms with E-state index in [1.165, 1.54) is 0 Å². The third-order valence-electron chi connectivity index (χ3n) is 7.36. The summed E-state index contributed by atoms with van der Waals surface area (Å²) in [6, 6.07) is 1.02. The van der Waals surface area contributed by atoms with Gasteiger partial charge < -0.3 is 13.9 Å². The first-order valence-electron chi connectivity index (χ1n) is 11.8. The van der Waals surface area contributed by atoms with Crippen LogP contribution in [-0.2, 0) is 23.5 Å². The largest absolute Gasteiger partial charge is 0.462 e. The second-order valence-corrected chi connectivity index (χ2v) is 20.9. The topological polar surface area (TPSA) is 61.8 Å². The second-order valence-electron chi connectivity index (χ2n) is 11.0. The molecule has 0 rings (SSSR count). The van der Waals surface area contributed by atoms with E-state index in [9.17, 15) is 9.59 Å². The van der Waals surface area contributed by atoms with Crippen LogP contribution in [-0.4, -0.2) is 46.8 Å². The molecule has 5 nitrogen and oxygen atoms in total. The number of hydrogen-bond donors (Lipinski definition) is 0. The molecule has 32 heavy (non-hydrogen) atoms. The standard InChI is InChI=1S/C25H48O5Si2/c1-13-25(8,16-14-17-28-22(26)20(2)3)32(11,12)30-24(6,7)31(9,10)19-15-18-29-23(27)21(4)5/h2,4,13-19H2,1,3,5-12H3. The molecule has 1 atom stereocenters. The van der Waals surface area contributed by atoms with Crippen LogP contribution in [0.4, 0.5) is 0 Å². The molecule has 0 aliphatic heterocycles. The van der Waals surface area contributed by atoms with E-state index in [1.807, 2.05) is 0 Å². The van der Waals surface area contributed by atoms with Crippen molar-refractivity contribution in [3.63, 3.8) is 0 Å². The van der Waals surface area contributed by atoms with Crippen molar-refractivity contribution >= 4 is 28.3 Å². The highest BCUT2D eigenvalue weighted by atomic mass is 28.4. The van der Waals surface area contributed by atoms with Crippen LogP contribution in [0.5, 0.6) is 0 Å². The van der Waals surface area contributed by atoms with E-state index in [0.717, 1.165) is 31.7 Å². The molecule has 0 amide bonds. The summed E-state index contributed by atoms with van der Waals surface area (Å²) in [5.41, 5.74) is 0.871. The minimum absolute atomic E-state index is 0.0708. The van der Waals surface area contributed by atoms with Gasteiger partial charge in [0.2, 0.25) is 0 Å². The summed E-state index contributed by atoms with van der Waals surface area (Å²) < 4.78 is 17.6. The quantitative estimate of drug-likeness (QED) is 0.110. The number of carbonyl (C=O) groups excluding carboxylic acids is 2. The van der Waals surface area contributed by atoms with E-state index < -0.39 is 16.4 Å². The zero-order valence-electron chi connectivity index (χ0n) is 22.4. The van der Waals surface area contributed by atoms with Crippen LogP contribution in [0.1, 0.15) is 67.2 Å². The highest BCUT2D eigenvalue weighted by Crippen LogP contribution is 2.48. The molecule has 0 saturated carbocycles. The number of esters is 2. The predicted molar refractivity (Wildman–Crippen MR) is 139 cm³/mol. The minimum atomic E-state index is -2.10. The highest BCUT2D eigenvalue weighted by Gasteiger charge is 2.50. The second kappa shape index (κ2) is 12.3. The van der Waals surface area contributed by atoms with E-state index in [1.54, 1.807) is 13.8 Å². The highest BCUT2D eigenvalue weighted by molar-refractivity contribution is 6.82. The SMILES string of the molecule is C=C(C)C(=O)OCCCC(C)(CC)[Si](C)(C)OC(C)(C)[Si](C)(C)CCCOC(=O)C(=C)C. The third-order valence-corrected chi connectivity index (χ3v) is 17.1. The van der Waals surface area contributed by atoms with Crippen molar-refractivity contribution in [1.29, 1.82) is 0 Å². The van der Waals surface area contributed by atoms with Gasteiger partial charge in [-0.25, -0.2) is 9.59 Å². The molecule has 0 aliphatic rings. The van der Waals surface area contributed by atoms with Crippen molar-refractivity contribution < 1.29 is 23.5 Å². The normalized spacial score (nSPS) is 14.4. The first-order valence-corrected chi connectivity index (χ1v) is 17.9. The summed E-state index contributed by atoms with van der Waals surface area (Å²) in [5.74, 6) is -0.639. The molecule has 7 heteroatoms. The lowest BCUT2D eigenvalue weighted by molar-refractivity contribution is -0.139. The van der Waals surface area contributed by atoms with Crippen LogP contribution in [0, 0.1) is 0 Å². The molecule has 0 bridgehead atoms. The monoisotopic (exact) mass is 484 g/mol. The van der Waals surface area contributed by atoms with Crippen LogP contribution < -0.4 is 0 Å². The number of ether oxygens (including phenoxy) is 2. The van der Waals surface area contributed by atoms with Gasteiger partial charge >= 0.3 is 11.9 Å². The Morgan fingerprint density at radius 3 is 1.69 bits per heavy atom. The van der Waals surface area contributed by atoms with Gasteiger partial charge in [-0.3, -0.25) is 0 Å². The summed E-state index contributed by atoms with van der Waals surface area (Å²) in [6.45, 7) is 29.8. The molecule has 0 N–H and O–H groups in total. The zero-order valence-corrected chi connectivity index (χ0v) is 24.4. The molecule has 0 saturated heterocycles. The van der Waals surface area contributed by atoms with Crippen LogP contribution in [0.15, 0.2) is 24.3 Å². The van der Waals surface area contributed by atoms with Gasteiger partial charge in [-0.05, 0) is 65.1 Å². The molecule has 0 aromatic heterocycles. The van der Waals surface area contributed by atoms with Gasteiger partial charge in [-0.1, -0.05) is 52.6 Å². The maximum atomic E-state index is 11.6. The van der Waals surface area contributed by atoms with E-state index >= 15 is 0 Å². The summed E-state index contributed by atoms with van der Waals surface area (Å²) >= 11 is 0. The van der Waals surface area contributed by atoms with Crippen molar-refractivity contribution in [3.05, 3.63) is 24.3 Å². The minimum Gasteiger partial charge on any atom is -0.462 e. The maximum Gasteiger partial charge on any atom is 0.333 e. The van der Waals surface area contributed by atoms with E-state index in [-0.39, 0.29) is 22.2 Å². The molecular formula is C25H48O5Si2. The van der Waals surface area contributed by atoms with Crippen LogP contribution in [0.25, 0.3) is 0 Å². The summed E-state index contributed by atoms with van der Waals surface area (Å²) in [5, 5.41) is -0.134. The fourth-order valence-corrected chi connectivity index (χ4v) is 10.3. The Balaban J connectivity index is 5.05. The van der Waals surface area contributed by atoms with Gasteiger partial charge in [0.1, 0.15) is 0 Å². The Kier molecular flexibility index (Phi) is 11.9. The van der Waals surface area contributed by atoms with Gasteiger partial charge in [0, 0.05) is 16.4 Å². The van der Waals surface area contributed by atoms with Gasteiger partial charge in [-0.2, -0.15) is 0 Å². The summed E-state index contributed by atoms with van der Waals surface area (Å²) in [4.78, 5) is 23.3. The Bertz CT molecular complexity index is 682. The molecule has 0 radical (unpaired) electrons. The fraction of sp³-hybridized carbons (Fsp3) is 0.760. The molecule has 1 unspecified atom stereocenters. The van der Waals surface area contributed by atoms with Crippen molar-refractivity contribution in [2.24, 2.45) is 0 Å².